The van der Waals surface area contributed by atoms with Crippen molar-refractivity contribution in [2.75, 3.05) is 4.90 Å². The van der Waals surface area contributed by atoms with E-state index in [-0.39, 0.29) is 0 Å². The first-order chi connectivity index (χ1) is 20.3. The summed E-state index contributed by atoms with van der Waals surface area (Å²) in [7, 11) is 0. The standard InChI is InChI=1S/C38H23NO2/c1-2-11-25(12-3-1)39(26-19-21-35-32(22-26)29-15-8-9-17-34(29)40-35)33-23-36-37(30-16-7-6-14-28(30)33)31-20-18-24-10-4-5-13-27(24)38(31)41-36/h1-23H. The van der Waals surface area contributed by atoms with Crippen molar-refractivity contribution in [1.29, 1.82) is 0 Å². The maximum absolute atomic E-state index is 6.71. The van der Waals surface area contributed by atoms with Crippen molar-refractivity contribution in [1.82, 2.24) is 0 Å². The van der Waals surface area contributed by atoms with Gasteiger partial charge in [-0.3, -0.25) is 0 Å². The first-order valence-electron chi connectivity index (χ1n) is 13.9. The van der Waals surface area contributed by atoms with Gasteiger partial charge in [0.05, 0.1) is 5.69 Å². The Kier molecular flexibility index (Phi) is 4.61. The van der Waals surface area contributed by atoms with Crippen LogP contribution < -0.4 is 4.90 Å². The average molecular weight is 526 g/mol. The molecule has 7 aromatic carbocycles. The number of hydrogen-bond donors (Lipinski definition) is 0. The number of fused-ring (bicyclic) bond motifs is 10. The smallest absolute Gasteiger partial charge is 0.143 e. The van der Waals surface area contributed by atoms with Crippen LogP contribution in [-0.4, -0.2) is 0 Å². The van der Waals surface area contributed by atoms with Crippen molar-refractivity contribution in [3.8, 4) is 0 Å². The molecule has 0 spiro atoms. The molecule has 0 fully saturated rings. The Morgan fingerprint density at radius 1 is 0.390 bits per heavy atom. The molecule has 3 nitrogen and oxygen atoms in total. The lowest BCUT2D eigenvalue weighted by Crippen LogP contribution is -2.10. The van der Waals surface area contributed by atoms with Crippen molar-refractivity contribution >= 4 is 82.5 Å². The van der Waals surface area contributed by atoms with E-state index < -0.39 is 0 Å². The maximum Gasteiger partial charge on any atom is 0.143 e. The molecular weight excluding hydrogens is 502 g/mol. The number of hydrogen-bond acceptors (Lipinski definition) is 3. The molecule has 41 heavy (non-hydrogen) atoms. The number of benzene rings is 7. The Bertz CT molecular complexity index is 2430. The molecule has 9 aromatic rings. The number of furan rings is 2. The average Bonchev–Trinajstić information content (AvgIpc) is 3.60. The summed E-state index contributed by atoms with van der Waals surface area (Å²) in [6, 6.07) is 48.9. The van der Waals surface area contributed by atoms with E-state index >= 15 is 0 Å². The van der Waals surface area contributed by atoms with Gasteiger partial charge in [-0.25, -0.2) is 0 Å². The van der Waals surface area contributed by atoms with E-state index in [1.54, 1.807) is 0 Å². The van der Waals surface area contributed by atoms with Gasteiger partial charge in [0.15, 0.2) is 0 Å². The Balaban J connectivity index is 1.38. The van der Waals surface area contributed by atoms with Gasteiger partial charge in [0.25, 0.3) is 0 Å². The van der Waals surface area contributed by atoms with Crippen molar-refractivity contribution in [3.63, 3.8) is 0 Å². The lowest BCUT2D eigenvalue weighted by molar-refractivity contribution is 0.669. The van der Waals surface area contributed by atoms with Crippen LogP contribution in [0.25, 0.3) is 65.4 Å². The number of rotatable bonds is 3. The molecule has 3 heteroatoms. The Labute approximate surface area is 235 Å². The minimum atomic E-state index is 0.876. The molecule has 0 radical (unpaired) electrons. The number of nitrogens with zero attached hydrogens (tertiary/aromatic N) is 1. The fourth-order valence-corrected chi connectivity index (χ4v) is 6.39. The summed E-state index contributed by atoms with van der Waals surface area (Å²) >= 11 is 0. The highest BCUT2D eigenvalue weighted by Gasteiger charge is 2.21. The van der Waals surface area contributed by atoms with E-state index in [0.29, 0.717) is 0 Å². The summed E-state index contributed by atoms with van der Waals surface area (Å²) in [6.07, 6.45) is 0. The molecule has 0 bridgehead atoms. The lowest BCUT2D eigenvalue weighted by atomic mass is 9.99. The van der Waals surface area contributed by atoms with Gasteiger partial charge in [-0.15, -0.1) is 0 Å². The zero-order valence-corrected chi connectivity index (χ0v) is 22.0. The summed E-state index contributed by atoms with van der Waals surface area (Å²) in [6.45, 7) is 0. The molecule has 192 valence electrons. The van der Waals surface area contributed by atoms with Crippen LogP contribution in [0.2, 0.25) is 0 Å². The molecule has 0 amide bonds. The van der Waals surface area contributed by atoms with Crippen LogP contribution in [0.5, 0.6) is 0 Å². The second kappa shape index (κ2) is 8.48. The topological polar surface area (TPSA) is 29.5 Å². The maximum atomic E-state index is 6.71. The van der Waals surface area contributed by atoms with E-state index in [1.165, 1.54) is 10.8 Å². The second-order valence-electron chi connectivity index (χ2n) is 10.5. The van der Waals surface area contributed by atoms with Crippen LogP contribution in [0, 0.1) is 0 Å². The summed E-state index contributed by atoms with van der Waals surface area (Å²) in [4.78, 5) is 2.33. The summed E-state index contributed by atoms with van der Waals surface area (Å²) in [5.74, 6) is 0. The Morgan fingerprint density at radius 3 is 1.98 bits per heavy atom. The third-order valence-electron chi connectivity index (χ3n) is 8.22. The van der Waals surface area contributed by atoms with Crippen molar-refractivity contribution in [3.05, 3.63) is 140 Å². The molecule has 0 unspecified atom stereocenters. The highest BCUT2D eigenvalue weighted by Crippen LogP contribution is 2.46. The van der Waals surface area contributed by atoms with Gasteiger partial charge in [0.1, 0.15) is 22.3 Å². The number of para-hydroxylation sites is 2. The summed E-state index contributed by atoms with van der Waals surface area (Å²) in [5, 5.41) is 9.13. The van der Waals surface area contributed by atoms with E-state index in [2.05, 4.69) is 132 Å². The highest BCUT2D eigenvalue weighted by molar-refractivity contribution is 6.25. The summed E-state index contributed by atoms with van der Waals surface area (Å²) in [5.41, 5.74) is 6.78. The molecule has 0 atom stereocenters. The lowest BCUT2D eigenvalue weighted by Gasteiger charge is -2.27. The summed E-state index contributed by atoms with van der Waals surface area (Å²) < 4.78 is 12.9. The van der Waals surface area contributed by atoms with Crippen molar-refractivity contribution < 1.29 is 8.83 Å². The second-order valence-corrected chi connectivity index (χ2v) is 10.5. The molecule has 9 rings (SSSR count). The zero-order chi connectivity index (χ0) is 26.9. The van der Waals surface area contributed by atoms with Crippen LogP contribution >= 0.6 is 0 Å². The predicted octanol–water partition coefficient (Wildman–Crippen LogP) is 11.3. The van der Waals surface area contributed by atoms with Gasteiger partial charge in [0, 0.05) is 49.8 Å². The van der Waals surface area contributed by atoms with Crippen LogP contribution in [-0.2, 0) is 0 Å². The van der Waals surface area contributed by atoms with Gasteiger partial charge >= 0.3 is 0 Å². The highest BCUT2D eigenvalue weighted by atomic mass is 16.3. The largest absolute Gasteiger partial charge is 0.456 e. The van der Waals surface area contributed by atoms with E-state index in [0.717, 1.165) is 71.7 Å². The monoisotopic (exact) mass is 525 g/mol. The van der Waals surface area contributed by atoms with Gasteiger partial charge in [-0.1, -0.05) is 91.0 Å². The third kappa shape index (κ3) is 3.26. The zero-order valence-electron chi connectivity index (χ0n) is 22.0. The molecule has 0 aliphatic heterocycles. The van der Waals surface area contributed by atoms with Crippen LogP contribution in [0.15, 0.2) is 148 Å². The van der Waals surface area contributed by atoms with Gasteiger partial charge in [-0.05, 0) is 53.2 Å². The van der Waals surface area contributed by atoms with Crippen molar-refractivity contribution in [2.45, 2.75) is 0 Å². The molecule has 2 heterocycles. The first kappa shape index (κ1) is 22.3. The molecule has 0 aliphatic rings. The SMILES string of the molecule is c1ccc(N(c2ccc3oc4ccccc4c3c2)c2cc3oc4c5ccccc5ccc4c3c3ccccc23)cc1. The molecule has 0 saturated carbocycles. The molecule has 0 aliphatic carbocycles. The van der Waals surface area contributed by atoms with Crippen LogP contribution in [0.1, 0.15) is 0 Å². The van der Waals surface area contributed by atoms with Crippen molar-refractivity contribution in [2.24, 2.45) is 0 Å². The Morgan fingerprint density at radius 2 is 1.10 bits per heavy atom. The Hall–Kier alpha value is -5.54. The van der Waals surface area contributed by atoms with Crippen LogP contribution in [0.3, 0.4) is 0 Å². The molecule has 0 saturated heterocycles. The van der Waals surface area contributed by atoms with Crippen LogP contribution in [0.4, 0.5) is 17.1 Å². The minimum absolute atomic E-state index is 0.876. The quantitative estimate of drug-likeness (QED) is 0.230. The van der Waals surface area contributed by atoms with E-state index in [9.17, 15) is 0 Å². The molecule has 0 N–H and O–H groups in total. The van der Waals surface area contributed by atoms with E-state index in [1.807, 2.05) is 12.1 Å². The number of anilines is 3. The predicted molar refractivity (Wildman–Crippen MR) is 171 cm³/mol. The van der Waals surface area contributed by atoms with E-state index in [4.69, 9.17) is 8.83 Å². The normalized spacial score (nSPS) is 11.9. The minimum Gasteiger partial charge on any atom is -0.456 e. The molecular formula is C38H23NO2. The third-order valence-corrected chi connectivity index (χ3v) is 8.22. The van der Waals surface area contributed by atoms with Gasteiger partial charge < -0.3 is 13.7 Å². The molecule has 2 aromatic heterocycles. The first-order valence-corrected chi connectivity index (χ1v) is 13.9. The fraction of sp³-hybridized carbons (Fsp3) is 0. The van der Waals surface area contributed by atoms with Gasteiger partial charge in [-0.2, -0.15) is 0 Å². The van der Waals surface area contributed by atoms with Gasteiger partial charge in [0.2, 0.25) is 0 Å². The fourth-order valence-electron chi connectivity index (χ4n) is 6.39.